The van der Waals surface area contributed by atoms with Crippen LogP contribution in [0.5, 0.6) is 0 Å². The van der Waals surface area contributed by atoms with Gasteiger partial charge in [-0.1, -0.05) is 6.42 Å². The fourth-order valence-corrected chi connectivity index (χ4v) is 4.36. The van der Waals surface area contributed by atoms with Crippen LogP contribution in [0.2, 0.25) is 0 Å². The second kappa shape index (κ2) is 7.34. The van der Waals surface area contributed by atoms with E-state index in [9.17, 15) is 9.59 Å². The van der Waals surface area contributed by atoms with E-state index < -0.39 is 0 Å². The number of ether oxygens (including phenoxy) is 1. The van der Waals surface area contributed by atoms with Gasteiger partial charge in [-0.25, -0.2) is 0 Å². The van der Waals surface area contributed by atoms with Crippen molar-refractivity contribution in [2.45, 2.75) is 45.6 Å². The van der Waals surface area contributed by atoms with Crippen LogP contribution in [0.1, 0.15) is 39.5 Å². The molecule has 0 aromatic rings. The lowest BCUT2D eigenvalue weighted by molar-refractivity contribution is -0.139. The minimum atomic E-state index is -0.244. The van der Waals surface area contributed by atoms with Crippen LogP contribution >= 0.6 is 11.8 Å². The first-order chi connectivity index (χ1) is 9.60. The van der Waals surface area contributed by atoms with Crippen molar-refractivity contribution in [3.05, 3.63) is 0 Å². The van der Waals surface area contributed by atoms with Gasteiger partial charge in [0.15, 0.2) is 0 Å². The summed E-state index contributed by atoms with van der Waals surface area (Å²) < 4.78 is 4.83. The molecule has 4 nitrogen and oxygen atoms in total. The third-order valence-electron chi connectivity index (χ3n) is 4.58. The Labute approximate surface area is 125 Å². The van der Waals surface area contributed by atoms with Gasteiger partial charge >= 0.3 is 5.97 Å². The Morgan fingerprint density at radius 3 is 2.70 bits per heavy atom. The van der Waals surface area contributed by atoms with Crippen molar-refractivity contribution in [1.82, 2.24) is 5.32 Å². The van der Waals surface area contributed by atoms with Crippen LogP contribution in [0.4, 0.5) is 0 Å². The van der Waals surface area contributed by atoms with Crippen LogP contribution < -0.4 is 5.32 Å². The molecule has 2 saturated carbocycles. The predicted octanol–water partition coefficient (Wildman–Crippen LogP) is 2.22. The molecular formula is C15H25NO3S. The van der Waals surface area contributed by atoms with Crippen molar-refractivity contribution in [2.24, 2.45) is 17.8 Å². The van der Waals surface area contributed by atoms with Crippen LogP contribution in [0, 0.1) is 17.8 Å². The van der Waals surface area contributed by atoms with Gasteiger partial charge in [-0.05, 0) is 50.9 Å². The highest BCUT2D eigenvalue weighted by molar-refractivity contribution is 8.00. The average molecular weight is 299 g/mol. The van der Waals surface area contributed by atoms with Gasteiger partial charge in [0.05, 0.1) is 18.1 Å². The van der Waals surface area contributed by atoms with E-state index in [2.05, 4.69) is 12.2 Å². The second-order valence-corrected chi connectivity index (χ2v) is 6.98. The summed E-state index contributed by atoms with van der Waals surface area (Å²) in [6.07, 6.45) is 5.37. The lowest BCUT2D eigenvalue weighted by Gasteiger charge is -2.28. The summed E-state index contributed by atoms with van der Waals surface area (Å²) in [7, 11) is 0. The number of hydrogen-bond acceptors (Lipinski definition) is 4. The Morgan fingerprint density at radius 2 is 2.10 bits per heavy atom. The van der Waals surface area contributed by atoms with Crippen molar-refractivity contribution in [2.75, 3.05) is 18.1 Å². The Bertz CT molecular complexity index is 361. The average Bonchev–Trinajstić information content (AvgIpc) is 3.01. The Hall–Kier alpha value is -0.710. The molecule has 1 amide bonds. The molecule has 2 rings (SSSR count). The molecule has 1 N–H and O–H groups in total. The van der Waals surface area contributed by atoms with Crippen molar-refractivity contribution < 1.29 is 14.3 Å². The van der Waals surface area contributed by atoms with Crippen LogP contribution in [0.3, 0.4) is 0 Å². The van der Waals surface area contributed by atoms with E-state index in [0.717, 1.165) is 11.8 Å². The lowest BCUT2D eigenvalue weighted by Crippen LogP contribution is -2.41. The number of fused-ring (bicyclic) bond motifs is 2. The molecule has 0 aliphatic heterocycles. The number of thioether (sulfide) groups is 1. The summed E-state index contributed by atoms with van der Waals surface area (Å²) >= 11 is 1.32. The summed E-state index contributed by atoms with van der Waals surface area (Å²) in [5, 5.41) is 3.10. The standard InChI is InChI=1S/C15H25NO3S/c1-3-19-15(18)9-20-8-14(17)16-10(2)13-7-11-4-5-12(13)6-11/h10-13H,3-9H2,1-2H3,(H,16,17)/t10-,11+,12+,13-/m1/s1. The van der Waals surface area contributed by atoms with E-state index >= 15 is 0 Å². The van der Waals surface area contributed by atoms with Crippen molar-refractivity contribution in [3.8, 4) is 0 Å². The highest BCUT2D eigenvalue weighted by Gasteiger charge is 2.42. The third-order valence-corrected chi connectivity index (χ3v) is 5.49. The van der Waals surface area contributed by atoms with Crippen molar-refractivity contribution in [3.63, 3.8) is 0 Å². The zero-order valence-electron chi connectivity index (χ0n) is 12.4. The number of esters is 1. The van der Waals surface area contributed by atoms with Crippen molar-refractivity contribution in [1.29, 1.82) is 0 Å². The molecule has 2 aliphatic rings. The fraction of sp³-hybridized carbons (Fsp3) is 0.867. The first-order valence-electron chi connectivity index (χ1n) is 7.62. The number of nitrogens with one attached hydrogen (secondary N) is 1. The molecule has 20 heavy (non-hydrogen) atoms. The highest BCUT2D eigenvalue weighted by atomic mass is 32.2. The molecule has 0 aromatic heterocycles. The molecule has 5 heteroatoms. The molecule has 0 unspecified atom stereocenters. The topological polar surface area (TPSA) is 55.4 Å². The van der Waals surface area contributed by atoms with Crippen LogP contribution in [-0.2, 0) is 14.3 Å². The van der Waals surface area contributed by atoms with Gasteiger partial charge in [0, 0.05) is 6.04 Å². The largest absolute Gasteiger partial charge is 0.465 e. The SMILES string of the molecule is CCOC(=O)CSCC(=O)N[C@H](C)[C@H]1C[C@H]2CC[C@H]1C2. The zero-order chi connectivity index (χ0) is 14.5. The summed E-state index contributed by atoms with van der Waals surface area (Å²) in [4.78, 5) is 23.0. The quantitative estimate of drug-likeness (QED) is 0.732. The van der Waals surface area contributed by atoms with Gasteiger partial charge in [0.25, 0.3) is 0 Å². The predicted molar refractivity (Wildman–Crippen MR) is 80.5 cm³/mol. The van der Waals surface area contributed by atoms with Gasteiger partial charge in [0.2, 0.25) is 5.91 Å². The minimum absolute atomic E-state index is 0.0366. The maximum atomic E-state index is 11.9. The monoisotopic (exact) mass is 299 g/mol. The zero-order valence-corrected chi connectivity index (χ0v) is 13.2. The molecule has 0 aromatic carbocycles. The van der Waals surface area contributed by atoms with Gasteiger partial charge in [-0.15, -0.1) is 11.8 Å². The summed E-state index contributed by atoms with van der Waals surface area (Å²) in [5.74, 6) is 2.77. The van der Waals surface area contributed by atoms with Crippen LogP contribution in [0.15, 0.2) is 0 Å². The Kier molecular flexibility index (Phi) is 5.75. The third kappa shape index (κ3) is 4.14. The van der Waals surface area contributed by atoms with Crippen LogP contribution in [-0.4, -0.2) is 36.0 Å². The number of rotatable bonds is 7. The Morgan fingerprint density at radius 1 is 1.30 bits per heavy atom. The van der Waals surface area contributed by atoms with Gasteiger partial charge < -0.3 is 10.1 Å². The molecule has 0 spiro atoms. The number of amides is 1. The highest BCUT2D eigenvalue weighted by Crippen LogP contribution is 2.49. The van der Waals surface area contributed by atoms with E-state index in [-0.39, 0.29) is 23.7 Å². The van der Waals surface area contributed by atoms with Gasteiger partial charge in [-0.3, -0.25) is 9.59 Å². The smallest absolute Gasteiger partial charge is 0.315 e. The van der Waals surface area contributed by atoms with E-state index in [1.54, 1.807) is 6.92 Å². The normalized spacial score (nSPS) is 29.2. The molecular weight excluding hydrogens is 274 g/mol. The van der Waals surface area contributed by atoms with E-state index in [0.29, 0.717) is 18.3 Å². The summed E-state index contributed by atoms with van der Waals surface area (Å²) in [6.45, 7) is 4.30. The number of carbonyl (C=O) groups is 2. The van der Waals surface area contributed by atoms with Crippen molar-refractivity contribution >= 4 is 23.6 Å². The summed E-state index contributed by atoms with van der Waals surface area (Å²) in [5.41, 5.74) is 0. The van der Waals surface area contributed by atoms with Crippen LogP contribution in [0.25, 0.3) is 0 Å². The Balaban J connectivity index is 1.63. The molecule has 0 heterocycles. The number of carbonyl (C=O) groups excluding carboxylic acids is 2. The molecule has 114 valence electrons. The fourth-order valence-electron chi connectivity index (χ4n) is 3.74. The maximum absolute atomic E-state index is 11.9. The first-order valence-corrected chi connectivity index (χ1v) is 8.78. The molecule has 0 radical (unpaired) electrons. The lowest BCUT2D eigenvalue weighted by atomic mass is 9.84. The second-order valence-electron chi connectivity index (χ2n) is 5.99. The van der Waals surface area contributed by atoms with Gasteiger partial charge in [-0.2, -0.15) is 0 Å². The van der Waals surface area contributed by atoms with Gasteiger partial charge in [0.1, 0.15) is 0 Å². The first kappa shape index (κ1) is 15.7. The van der Waals surface area contributed by atoms with E-state index in [4.69, 9.17) is 4.74 Å². The molecule has 2 fully saturated rings. The summed E-state index contributed by atoms with van der Waals surface area (Å²) in [6, 6.07) is 0.265. The minimum Gasteiger partial charge on any atom is -0.465 e. The molecule has 4 atom stereocenters. The number of hydrogen-bond donors (Lipinski definition) is 1. The molecule has 2 bridgehead atoms. The molecule has 0 saturated heterocycles. The van der Waals surface area contributed by atoms with E-state index in [1.165, 1.54) is 37.4 Å². The molecule has 2 aliphatic carbocycles. The maximum Gasteiger partial charge on any atom is 0.315 e. The van der Waals surface area contributed by atoms with E-state index in [1.807, 2.05) is 0 Å².